The lowest BCUT2D eigenvalue weighted by Crippen LogP contribution is -2.27. The molecule has 0 aromatic heterocycles. The number of ether oxygens (including phenoxy) is 1. The number of rotatable bonds is 8. The van der Waals surface area contributed by atoms with Gasteiger partial charge in [-0.15, -0.1) is 0 Å². The van der Waals surface area contributed by atoms with Gasteiger partial charge in [0.15, 0.2) is 0 Å². The minimum Gasteiger partial charge on any atom is -0.391 e. The second-order valence-electron chi connectivity index (χ2n) is 4.14. The number of aliphatic hydroxyl groups excluding tert-OH is 2. The third-order valence-corrected chi connectivity index (χ3v) is 2.96. The van der Waals surface area contributed by atoms with Crippen molar-refractivity contribution in [1.29, 1.82) is 0 Å². The van der Waals surface area contributed by atoms with Gasteiger partial charge in [-0.3, -0.25) is 0 Å². The first-order chi connectivity index (χ1) is 8.65. The predicted molar refractivity (Wildman–Crippen MR) is 71.8 cm³/mol. The highest BCUT2D eigenvalue weighted by molar-refractivity contribution is 6.31. The van der Waals surface area contributed by atoms with Crippen LogP contribution in [0.2, 0.25) is 5.02 Å². The SMILES string of the molecule is COCC(O)CCNCC(O)c1ccccc1Cl. The van der Waals surface area contributed by atoms with E-state index in [0.29, 0.717) is 36.7 Å². The second-order valence-corrected chi connectivity index (χ2v) is 4.55. The fourth-order valence-electron chi connectivity index (χ4n) is 1.64. The van der Waals surface area contributed by atoms with Gasteiger partial charge in [-0.25, -0.2) is 0 Å². The summed E-state index contributed by atoms with van der Waals surface area (Å²) in [4.78, 5) is 0. The minimum absolute atomic E-state index is 0.328. The Hall–Kier alpha value is -0.650. The van der Waals surface area contributed by atoms with Gasteiger partial charge in [0.05, 0.1) is 18.8 Å². The highest BCUT2D eigenvalue weighted by Gasteiger charge is 2.10. The van der Waals surface area contributed by atoms with Crippen molar-refractivity contribution in [3.63, 3.8) is 0 Å². The summed E-state index contributed by atoms with van der Waals surface area (Å²) in [7, 11) is 1.55. The monoisotopic (exact) mass is 273 g/mol. The quantitative estimate of drug-likeness (QED) is 0.626. The Morgan fingerprint density at radius 3 is 2.72 bits per heavy atom. The van der Waals surface area contributed by atoms with E-state index >= 15 is 0 Å². The molecule has 0 spiro atoms. The summed E-state index contributed by atoms with van der Waals surface area (Å²) < 4.78 is 4.82. The van der Waals surface area contributed by atoms with Gasteiger partial charge in [0.2, 0.25) is 0 Å². The molecule has 0 saturated carbocycles. The van der Waals surface area contributed by atoms with E-state index in [2.05, 4.69) is 5.32 Å². The number of hydrogen-bond acceptors (Lipinski definition) is 4. The van der Waals surface area contributed by atoms with Crippen LogP contribution in [0.3, 0.4) is 0 Å². The van der Waals surface area contributed by atoms with Crippen LogP contribution in [-0.4, -0.2) is 43.1 Å². The molecule has 0 amide bonds. The molecule has 0 aliphatic heterocycles. The molecule has 1 aromatic rings. The standard InChI is InChI=1S/C13H20ClNO3/c1-18-9-10(16)6-7-15-8-13(17)11-4-2-3-5-12(11)14/h2-5,10,13,15-17H,6-9H2,1H3. The van der Waals surface area contributed by atoms with E-state index in [1.165, 1.54) is 0 Å². The number of hydrogen-bond donors (Lipinski definition) is 3. The van der Waals surface area contributed by atoms with Crippen molar-refractivity contribution in [1.82, 2.24) is 5.32 Å². The molecule has 0 aliphatic carbocycles. The van der Waals surface area contributed by atoms with Gasteiger partial charge in [0, 0.05) is 24.2 Å². The zero-order chi connectivity index (χ0) is 13.4. The van der Waals surface area contributed by atoms with E-state index in [9.17, 15) is 10.2 Å². The molecule has 3 N–H and O–H groups in total. The second kappa shape index (κ2) is 8.45. The molecule has 2 unspecified atom stereocenters. The summed E-state index contributed by atoms with van der Waals surface area (Å²) >= 11 is 5.98. The molecule has 0 saturated heterocycles. The van der Waals surface area contributed by atoms with Crippen molar-refractivity contribution in [3.8, 4) is 0 Å². The molecular formula is C13H20ClNO3. The molecule has 2 atom stereocenters. The van der Waals surface area contributed by atoms with Gasteiger partial charge < -0.3 is 20.3 Å². The van der Waals surface area contributed by atoms with E-state index in [0.717, 1.165) is 0 Å². The molecule has 0 radical (unpaired) electrons. The zero-order valence-electron chi connectivity index (χ0n) is 10.5. The number of halogens is 1. The van der Waals surface area contributed by atoms with Gasteiger partial charge in [-0.2, -0.15) is 0 Å². The summed E-state index contributed by atoms with van der Waals surface area (Å²) in [5.74, 6) is 0. The Bertz CT molecular complexity index is 349. The van der Waals surface area contributed by atoms with Crippen LogP contribution in [0.15, 0.2) is 24.3 Å². The lowest BCUT2D eigenvalue weighted by atomic mass is 10.1. The fourth-order valence-corrected chi connectivity index (χ4v) is 1.90. The average molecular weight is 274 g/mol. The lowest BCUT2D eigenvalue weighted by molar-refractivity contribution is 0.0586. The maximum Gasteiger partial charge on any atom is 0.0928 e. The summed E-state index contributed by atoms with van der Waals surface area (Å²) in [5.41, 5.74) is 0.712. The van der Waals surface area contributed by atoms with Gasteiger partial charge in [0.25, 0.3) is 0 Å². The van der Waals surface area contributed by atoms with Gasteiger partial charge >= 0.3 is 0 Å². The first-order valence-corrected chi connectivity index (χ1v) is 6.33. The molecule has 0 fully saturated rings. The first-order valence-electron chi connectivity index (χ1n) is 5.95. The largest absolute Gasteiger partial charge is 0.391 e. The fraction of sp³-hybridized carbons (Fsp3) is 0.538. The molecule has 1 aromatic carbocycles. The molecule has 0 aliphatic rings. The van der Waals surface area contributed by atoms with Crippen molar-refractivity contribution in [3.05, 3.63) is 34.9 Å². The molecule has 4 nitrogen and oxygen atoms in total. The first kappa shape index (κ1) is 15.4. The molecule has 102 valence electrons. The summed E-state index contributed by atoms with van der Waals surface area (Å²) in [6.45, 7) is 1.35. The van der Waals surface area contributed by atoms with Gasteiger partial charge in [-0.1, -0.05) is 29.8 Å². The predicted octanol–water partition coefficient (Wildman–Crippen LogP) is 1.36. The maximum atomic E-state index is 9.94. The number of methoxy groups -OCH3 is 1. The van der Waals surface area contributed by atoms with E-state index in [-0.39, 0.29) is 0 Å². The Morgan fingerprint density at radius 1 is 1.33 bits per heavy atom. The third kappa shape index (κ3) is 5.33. The Balaban J connectivity index is 2.25. The van der Waals surface area contributed by atoms with Crippen molar-refractivity contribution in [2.75, 3.05) is 26.8 Å². The van der Waals surface area contributed by atoms with Crippen molar-refractivity contribution >= 4 is 11.6 Å². The lowest BCUT2D eigenvalue weighted by Gasteiger charge is -2.14. The number of aliphatic hydroxyl groups is 2. The number of benzene rings is 1. The summed E-state index contributed by atoms with van der Waals surface area (Å²) in [6.07, 6.45) is -0.526. The van der Waals surface area contributed by atoms with E-state index in [4.69, 9.17) is 16.3 Å². The molecular weight excluding hydrogens is 254 g/mol. The summed E-state index contributed by atoms with van der Waals surface area (Å²) in [6, 6.07) is 7.22. The van der Waals surface area contributed by atoms with Gasteiger partial charge in [-0.05, 0) is 19.0 Å². The Labute approximate surface area is 113 Å². The molecule has 5 heteroatoms. The summed E-state index contributed by atoms with van der Waals surface area (Å²) in [5, 5.41) is 23.0. The van der Waals surface area contributed by atoms with Crippen LogP contribution >= 0.6 is 11.6 Å². The highest BCUT2D eigenvalue weighted by Crippen LogP contribution is 2.21. The van der Waals surface area contributed by atoms with Crippen LogP contribution in [0.4, 0.5) is 0 Å². The average Bonchev–Trinajstić information content (AvgIpc) is 2.35. The van der Waals surface area contributed by atoms with Crippen molar-refractivity contribution in [2.45, 2.75) is 18.6 Å². The highest BCUT2D eigenvalue weighted by atomic mass is 35.5. The molecule has 1 rings (SSSR count). The van der Waals surface area contributed by atoms with Crippen molar-refractivity contribution in [2.24, 2.45) is 0 Å². The molecule has 18 heavy (non-hydrogen) atoms. The Morgan fingerprint density at radius 2 is 2.06 bits per heavy atom. The Kier molecular flexibility index (Phi) is 7.23. The molecule has 0 heterocycles. The van der Waals surface area contributed by atoms with E-state index < -0.39 is 12.2 Å². The molecule has 0 bridgehead atoms. The normalized spacial score (nSPS) is 14.4. The van der Waals surface area contributed by atoms with E-state index in [1.54, 1.807) is 19.2 Å². The number of nitrogens with one attached hydrogen (secondary N) is 1. The van der Waals surface area contributed by atoms with Crippen LogP contribution < -0.4 is 5.32 Å². The van der Waals surface area contributed by atoms with Crippen LogP contribution in [-0.2, 0) is 4.74 Å². The minimum atomic E-state index is -0.640. The zero-order valence-corrected chi connectivity index (χ0v) is 11.2. The van der Waals surface area contributed by atoms with Crippen LogP contribution in [0.25, 0.3) is 0 Å². The maximum absolute atomic E-state index is 9.94. The topological polar surface area (TPSA) is 61.7 Å². The van der Waals surface area contributed by atoms with Crippen LogP contribution in [0.1, 0.15) is 18.1 Å². The van der Waals surface area contributed by atoms with Crippen LogP contribution in [0.5, 0.6) is 0 Å². The van der Waals surface area contributed by atoms with Gasteiger partial charge in [0.1, 0.15) is 0 Å². The van der Waals surface area contributed by atoms with Crippen molar-refractivity contribution < 1.29 is 14.9 Å². The van der Waals surface area contributed by atoms with E-state index in [1.807, 2.05) is 12.1 Å². The smallest absolute Gasteiger partial charge is 0.0928 e. The third-order valence-electron chi connectivity index (χ3n) is 2.62. The van der Waals surface area contributed by atoms with Crippen LogP contribution in [0, 0.1) is 0 Å².